The highest BCUT2D eigenvalue weighted by atomic mass is 19.1. The Morgan fingerprint density at radius 2 is 2.07 bits per heavy atom. The van der Waals surface area contributed by atoms with Crippen LogP contribution in [-0.2, 0) is 9.53 Å². The highest BCUT2D eigenvalue weighted by Gasteiger charge is 2.09. The number of rotatable bonds is 4. The fraction of sp³-hybridized carbons (Fsp3) is 0.273. The molecule has 0 saturated carbocycles. The van der Waals surface area contributed by atoms with Gasteiger partial charge in [0.2, 0.25) is 0 Å². The largest absolute Gasteiger partial charge is 0.469 e. The van der Waals surface area contributed by atoms with Gasteiger partial charge in [-0.3, -0.25) is 9.59 Å². The minimum absolute atomic E-state index is 0.0197. The summed E-state index contributed by atoms with van der Waals surface area (Å²) < 4.78 is 17.1. The van der Waals surface area contributed by atoms with Gasteiger partial charge in [-0.2, -0.15) is 0 Å². The molecule has 0 atom stereocenters. The molecule has 80 valence electrons. The average Bonchev–Trinajstić information content (AvgIpc) is 2.25. The van der Waals surface area contributed by atoms with Crippen molar-refractivity contribution in [1.29, 1.82) is 0 Å². The Kier molecular flexibility index (Phi) is 3.97. The molecule has 0 aliphatic rings. The molecule has 1 aromatic carbocycles. The van der Waals surface area contributed by atoms with Crippen LogP contribution in [0, 0.1) is 5.82 Å². The van der Waals surface area contributed by atoms with E-state index in [0.29, 0.717) is 0 Å². The molecule has 0 N–H and O–H groups in total. The fourth-order valence-electron chi connectivity index (χ4n) is 1.12. The van der Waals surface area contributed by atoms with Crippen LogP contribution in [0.2, 0.25) is 0 Å². The maximum atomic E-state index is 12.7. The molecule has 0 unspecified atom stereocenters. The first-order valence-electron chi connectivity index (χ1n) is 4.49. The van der Waals surface area contributed by atoms with E-state index < -0.39 is 11.8 Å². The Hall–Kier alpha value is -1.71. The molecule has 0 amide bonds. The number of halogens is 1. The van der Waals surface area contributed by atoms with E-state index in [1.165, 1.54) is 25.3 Å². The number of Topliss-reactive ketones (excluding diaryl/α,β-unsaturated/α-hetero) is 1. The van der Waals surface area contributed by atoms with Crippen molar-refractivity contribution in [1.82, 2.24) is 0 Å². The number of carbonyl (C=O) groups is 2. The molecule has 1 rings (SSSR count). The first kappa shape index (κ1) is 11.4. The SMILES string of the molecule is COC(=O)CCC(=O)c1cccc(F)c1. The molecule has 0 saturated heterocycles. The third kappa shape index (κ3) is 3.50. The number of esters is 1. The summed E-state index contributed by atoms with van der Waals surface area (Å²) in [7, 11) is 1.26. The van der Waals surface area contributed by atoms with Crippen molar-refractivity contribution in [3.8, 4) is 0 Å². The molecular formula is C11H11FO3. The summed E-state index contributed by atoms with van der Waals surface area (Å²) in [4.78, 5) is 22.2. The molecule has 0 aliphatic carbocycles. The number of ketones is 1. The molecule has 0 bridgehead atoms. The molecule has 0 radical (unpaired) electrons. The maximum absolute atomic E-state index is 12.7. The van der Waals surface area contributed by atoms with E-state index in [9.17, 15) is 14.0 Å². The van der Waals surface area contributed by atoms with Crippen LogP contribution in [0.4, 0.5) is 4.39 Å². The monoisotopic (exact) mass is 210 g/mol. The van der Waals surface area contributed by atoms with E-state index in [0.717, 1.165) is 6.07 Å². The van der Waals surface area contributed by atoms with E-state index >= 15 is 0 Å². The van der Waals surface area contributed by atoms with Gasteiger partial charge in [0.25, 0.3) is 0 Å². The lowest BCUT2D eigenvalue weighted by Gasteiger charge is -2.00. The molecule has 0 fully saturated rings. The van der Waals surface area contributed by atoms with Gasteiger partial charge in [0.05, 0.1) is 13.5 Å². The Morgan fingerprint density at radius 1 is 1.33 bits per heavy atom. The van der Waals surface area contributed by atoms with E-state index in [4.69, 9.17) is 0 Å². The number of methoxy groups -OCH3 is 1. The van der Waals surface area contributed by atoms with Gasteiger partial charge in [-0.15, -0.1) is 0 Å². The predicted molar refractivity (Wildman–Crippen MR) is 52.0 cm³/mol. The summed E-state index contributed by atoms with van der Waals surface area (Å²) in [5, 5.41) is 0. The van der Waals surface area contributed by atoms with Crippen molar-refractivity contribution in [3.05, 3.63) is 35.6 Å². The van der Waals surface area contributed by atoms with Crippen LogP contribution < -0.4 is 0 Å². The number of carbonyl (C=O) groups excluding carboxylic acids is 2. The van der Waals surface area contributed by atoms with Crippen molar-refractivity contribution in [2.75, 3.05) is 7.11 Å². The highest BCUT2D eigenvalue weighted by Crippen LogP contribution is 2.08. The minimum Gasteiger partial charge on any atom is -0.469 e. The van der Waals surface area contributed by atoms with Gasteiger partial charge in [-0.1, -0.05) is 12.1 Å². The van der Waals surface area contributed by atoms with Crippen molar-refractivity contribution in [3.63, 3.8) is 0 Å². The van der Waals surface area contributed by atoms with Gasteiger partial charge in [-0.05, 0) is 12.1 Å². The van der Waals surface area contributed by atoms with Gasteiger partial charge in [0.15, 0.2) is 5.78 Å². The molecule has 3 nitrogen and oxygen atoms in total. The summed E-state index contributed by atoms with van der Waals surface area (Å²) in [5.41, 5.74) is 0.277. The number of ether oxygens (including phenoxy) is 1. The molecule has 0 aromatic heterocycles. The normalized spacial score (nSPS) is 9.73. The third-order valence-electron chi connectivity index (χ3n) is 1.93. The second kappa shape index (κ2) is 5.24. The molecule has 1 aromatic rings. The van der Waals surface area contributed by atoms with Crippen molar-refractivity contribution < 1.29 is 18.7 Å². The summed E-state index contributed by atoms with van der Waals surface area (Å²) in [5.74, 6) is -1.17. The summed E-state index contributed by atoms with van der Waals surface area (Å²) in [6, 6.07) is 5.39. The molecule has 0 spiro atoms. The van der Waals surface area contributed by atoms with E-state index in [1.807, 2.05) is 0 Å². The Morgan fingerprint density at radius 3 is 2.67 bits per heavy atom. The highest BCUT2D eigenvalue weighted by molar-refractivity contribution is 5.97. The van der Waals surface area contributed by atoms with Crippen LogP contribution in [-0.4, -0.2) is 18.9 Å². The first-order valence-corrected chi connectivity index (χ1v) is 4.49. The number of hydrogen-bond donors (Lipinski definition) is 0. The zero-order chi connectivity index (χ0) is 11.3. The van der Waals surface area contributed by atoms with Crippen LogP contribution >= 0.6 is 0 Å². The van der Waals surface area contributed by atoms with Crippen molar-refractivity contribution in [2.45, 2.75) is 12.8 Å². The molecule has 0 heterocycles. The second-order valence-corrected chi connectivity index (χ2v) is 3.01. The summed E-state index contributed by atoms with van der Waals surface area (Å²) in [6.45, 7) is 0. The van der Waals surface area contributed by atoms with Crippen molar-refractivity contribution >= 4 is 11.8 Å². The third-order valence-corrected chi connectivity index (χ3v) is 1.93. The zero-order valence-corrected chi connectivity index (χ0v) is 8.33. The average molecular weight is 210 g/mol. The molecule has 0 aliphatic heterocycles. The Balaban J connectivity index is 2.58. The number of hydrogen-bond acceptors (Lipinski definition) is 3. The topological polar surface area (TPSA) is 43.4 Å². The minimum atomic E-state index is -0.459. The lowest BCUT2D eigenvalue weighted by atomic mass is 10.1. The number of benzene rings is 1. The summed E-state index contributed by atoms with van der Waals surface area (Å²) in [6.07, 6.45) is 0.0575. The lowest BCUT2D eigenvalue weighted by Crippen LogP contribution is -2.06. The van der Waals surface area contributed by atoms with Gasteiger partial charge in [0.1, 0.15) is 5.82 Å². The summed E-state index contributed by atoms with van der Waals surface area (Å²) >= 11 is 0. The first-order chi connectivity index (χ1) is 7.13. The van der Waals surface area contributed by atoms with Crippen molar-refractivity contribution in [2.24, 2.45) is 0 Å². The zero-order valence-electron chi connectivity index (χ0n) is 8.33. The van der Waals surface area contributed by atoms with E-state index in [2.05, 4.69) is 4.74 Å². The smallest absolute Gasteiger partial charge is 0.305 e. The van der Waals surface area contributed by atoms with Crippen LogP contribution in [0.3, 0.4) is 0 Å². The molecule has 15 heavy (non-hydrogen) atoms. The Bertz CT molecular complexity index is 374. The van der Waals surface area contributed by atoms with Crippen LogP contribution in [0.5, 0.6) is 0 Å². The maximum Gasteiger partial charge on any atom is 0.305 e. The predicted octanol–water partition coefficient (Wildman–Crippen LogP) is 1.96. The second-order valence-electron chi connectivity index (χ2n) is 3.01. The fourth-order valence-corrected chi connectivity index (χ4v) is 1.12. The van der Waals surface area contributed by atoms with Crippen LogP contribution in [0.15, 0.2) is 24.3 Å². The lowest BCUT2D eigenvalue weighted by molar-refractivity contribution is -0.140. The quantitative estimate of drug-likeness (QED) is 0.563. The van der Waals surface area contributed by atoms with Crippen LogP contribution in [0.1, 0.15) is 23.2 Å². The standard InChI is InChI=1S/C11H11FO3/c1-15-11(14)6-5-10(13)8-3-2-4-9(12)7-8/h2-4,7H,5-6H2,1H3. The van der Waals surface area contributed by atoms with Gasteiger partial charge >= 0.3 is 5.97 Å². The van der Waals surface area contributed by atoms with Crippen LogP contribution in [0.25, 0.3) is 0 Å². The van der Waals surface area contributed by atoms with Gasteiger partial charge < -0.3 is 4.74 Å². The van der Waals surface area contributed by atoms with Gasteiger partial charge in [0, 0.05) is 12.0 Å². The molecule has 4 heteroatoms. The van der Waals surface area contributed by atoms with E-state index in [1.54, 1.807) is 0 Å². The van der Waals surface area contributed by atoms with Gasteiger partial charge in [-0.25, -0.2) is 4.39 Å². The molecular weight excluding hydrogens is 199 g/mol. The Labute approximate surface area is 86.9 Å². The van der Waals surface area contributed by atoms with E-state index in [-0.39, 0.29) is 24.2 Å².